The summed E-state index contributed by atoms with van der Waals surface area (Å²) in [5.41, 5.74) is -0.252. The standard InChI is InChI=1S/C15H28N4/c1-4-17-15(12-16)8-5-14(11-15)19-9-6-13(7-10-19)18(2)3/h13-14,17H,4-11H2,1-3H3. The van der Waals surface area contributed by atoms with Gasteiger partial charge in [-0.05, 0) is 65.8 Å². The minimum Gasteiger partial charge on any atom is -0.306 e. The van der Waals surface area contributed by atoms with Crippen molar-refractivity contribution < 1.29 is 0 Å². The van der Waals surface area contributed by atoms with Crippen molar-refractivity contribution in [2.45, 2.75) is 56.7 Å². The van der Waals surface area contributed by atoms with Crippen LogP contribution >= 0.6 is 0 Å². The Labute approximate surface area is 117 Å². The molecule has 1 aliphatic heterocycles. The van der Waals surface area contributed by atoms with Gasteiger partial charge in [0.1, 0.15) is 5.54 Å². The molecule has 1 heterocycles. The van der Waals surface area contributed by atoms with Crippen molar-refractivity contribution in [2.24, 2.45) is 0 Å². The van der Waals surface area contributed by atoms with Crippen molar-refractivity contribution in [3.05, 3.63) is 0 Å². The largest absolute Gasteiger partial charge is 0.306 e. The molecule has 0 aromatic carbocycles. The van der Waals surface area contributed by atoms with Crippen LogP contribution in [0.2, 0.25) is 0 Å². The summed E-state index contributed by atoms with van der Waals surface area (Å²) in [7, 11) is 4.36. The molecule has 2 aliphatic rings. The van der Waals surface area contributed by atoms with Gasteiger partial charge in [-0.2, -0.15) is 5.26 Å². The van der Waals surface area contributed by atoms with Gasteiger partial charge < -0.3 is 9.80 Å². The van der Waals surface area contributed by atoms with Crippen LogP contribution in [-0.4, -0.2) is 61.2 Å². The Morgan fingerprint density at radius 1 is 1.32 bits per heavy atom. The Morgan fingerprint density at radius 3 is 2.53 bits per heavy atom. The summed E-state index contributed by atoms with van der Waals surface area (Å²) in [6, 6.07) is 3.88. The van der Waals surface area contributed by atoms with E-state index in [1.807, 2.05) is 0 Å². The molecule has 2 unspecified atom stereocenters. The zero-order valence-electron chi connectivity index (χ0n) is 12.7. The summed E-state index contributed by atoms with van der Waals surface area (Å²) in [5, 5.41) is 12.8. The lowest BCUT2D eigenvalue weighted by atomic mass is 9.98. The summed E-state index contributed by atoms with van der Waals surface area (Å²) in [5.74, 6) is 0. The Hall–Kier alpha value is -0.630. The monoisotopic (exact) mass is 264 g/mol. The summed E-state index contributed by atoms with van der Waals surface area (Å²) in [6.45, 7) is 5.38. The fourth-order valence-electron chi connectivity index (χ4n) is 3.74. The molecule has 0 amide bonds. The van der Waals surface area contributed by atoms with E-state index in [1.54, 1.807) is 0 Å². The first kappa shape index (κ1) is 14.8. The predicted octanol–water partition coefficient (Wildman–Crippen LogP) is 1.44. The van der Waals surface area contributed by atoms with Crippen LogP contribution < -0.4 is 5.32 Å². The molecule has 0 bridgehead atoms. The number of hydrogen-bond donors (Lipinski definition) is 1. The summed E-state index contributed by atoms with van der Waals surface area (Å²) in [6.07, 6.45) is 5.72. The van der Waals surface area contributed by atoms with Gasteiger partial charge in [-0.15, -0.1) is 0 Å². The minimum absolute atomic E-state index is 0.252. The lowest BCUT2D eigenvalue weighted by Gasteiger charge is -2.38. The summed E-state index contributed by atoms with van der Waals surface area (Å²) < 4.78 is 0. The van der Waals surface area contributed by atoms with E-state index in [4.69, 9.17) is 0 Å². The number of hydrogen-bond acceptors (Lipinski definition) is 4. The fraction of sp³-hybridized carbons (Fsp3) is 0.933. The van der Waals surface area contributed by atoms with Crippen molar-refractivity contribution in [1.82, 2.24) is 15.1 Å². The maximum Gasteiger partial charge on any atom is 0.108 e. The highest BCUT2D eigenvalue weighted by Crippen LogP contribution is 2.34. The van der Waals surface area contributed by atoms with E-state index in [2.05, 4.69) is 42.2 Å². The van der Waals surface area contributed by atoms with E-state index in [-0.39, 0.29) is 5.54 Å². The fourth-order valence-corrected chi connectivity index (χ4v) is 3.74. The highest BCUT2D eigenvalue weighted by atomic mass is 15.2. The average Bonchev–Trinajstić information content (AvgIpc) is 2.84. The molecular weight excluding hydrogens is 236 g/mol. The van der Waals surface area contributed by atoms with Gasteiger partial charge in [-0.3, -0.25) is 5.32 Å². The highest BCUT2D eigenvalue weighted by molar-refractivity contribution is 5.13. The zero-order valence-corrected chi connectivity index (χ0v) is 12.7. The molecule has 2 fully saturated rings. The molecular formula is C15H28N4. The lowest BCUT2D eigenvalue weighted by molar-refractivity contribution is 0.108. The van der Waals surface area contributed by atoms with Crippen LogP contribution in [0, 0.1) is 11.3 Å². The van der Waals surface area contributed by atoms with Gasteiger partial charge in [0.25, 0.3) is 0 Å². The third kappa shape index (κ3) is 3.28. The van der Waals surface area contributed by atoms with Gasteiger partial charge in [0.2, 0.25) is 0 Å². The van der Waals surface area contributed by atoms with E-state index in [1.165, 1.54) is 32.4 Å². The third-order valence-corrected chi connectivity index (χ3v) is 4.96. The third-order valence-electron chi connectivity index (χ3n) is 4.96. The number of piperidine rings is 1. The Morgan fingerprint density at radius 2 is 2.00 bits per heavy atom. The molecule has 1 saturated carbocycles. The second kappa shape index (κ2) is 6.21. The van der Waals surface area contributed by atoms with E-state index in [9.17, 15) is 5.26 Å². The molecule has 1 saturated heterocycles. The first-order valence-corrected chi connectivity index (χ1v) is 7.67. The number of nitrogens with one attached hydrogen (secondary N) is 1. The Bertz CT molecular complexity index is 328. The summed E-state index contributed by atoms with van der Waals surface area (Å²) in [4.78, 5) is 4.97. The SMILES string of the molecule is CCNC1(C#N)CCC(N2CCC(N(C)C)CC2)C1. The predicted molar refractivity (Wildman–Crippen MR) is 77.9 cm³/mol. The molecule has 0 spiro atoms. The average molecular weight is 264 g/mol. The zero-order chi connectivity index (χ0) is 13.9. The topological polar surface area (TPSA) is 42.3 Å². The minimum atomic E-state index is -0.252. The van der Waals surface area contributed by atoms with E-state index < -0.39 is 0 Å². The van der Waals surface area contributed by atoms with Crippen molar-refractivity contribution >= 4 is 0 Å². The van der Waals surface area contributed by atoms with E-state index in [0.717, 1.165) is 25.4 Å². The quantitative estimate of drug-likeness (QED) is 0.834. The molecule has 1 aliphatic carbocycles. The molecule has 0 aromatic rings. The maximum absolute atomic E-state index is 9.44. The smallest absolute Gasteiger partial charge is 0.108 e. The van der Waals surface area contributed by atoms with Crippen molar-refractivity contribution in [2.75, 3.05) is 33.7 Å². The molecule has 2 atom stereocenters. The first-order chi connectivity index (χ1) is 9.10. The number of nitriles is 1. The summed E-state index contributed by atoms with van der Waals surface area (Å²) >= 11 is 0. The Kier molecular flexibility index (Phi) is 4.83. The molecule has 108 valence electrons. The van der Waals surface area contributed by atoms with Gasteiger partial charge in [0.05, 0.1) is 6.07 Å². The van der Waals surface area contributed by atoms with Crippen LogP contribution in [0.25, 0.3) is 0 Å². The van der Waals surface area contributed by atoms with Gasteiger partial charge in [0.15, 0.2) is 0 Å². The lowest BCUT2D eigenvalue weighted by Crippen LogP contribution is -2.47. The van der Waals surface area contributed by atoms with Crippen LogP contribution in [0.5, 0.6) is 0 Å². The molecule has 2 rings (SSSR count). The molecule has 0 aromatic heterocycles. The highest BCUT2D eigenvalue weighted by Gasteiger charge is 2.41. The van der Waals surface area contributed by atoms with Gasteiger partial charge in [0, 0.05) is 12.1 Å². The maximum atomic E-state index is 9.44. The van der Waals surface area contributed by atoms with Crippen molar-refractivity contribution in [1.29, 1.82) is 5.26 Å². The van der Waals surface area contributed by atoms with E-state index in [0.29, 0.717) is 6.04 Å². The molecule has 1 N–H and O–H groups in total. The van der Waals surface area contributed by atoms with Crippen LogP contribution in [0.15, 0.2) is 0 Å². The van der Waals surface area contributed by atoms with Gasteiger partial charge in [-0.1, -0.05) is 6.92 Å². The van der Waals surface area contributed by atoms with Crippen LogP contribution in [0.3, 0.4) is 0 Å². The number of rotatable bonds is 4. The van der Waals surface area contributed by atoms with E-state index >= 15 is 0 Å². The normalized spacial score (nSPS) is 33.7. The molecule has 4 heteroatoms. The van der Waals surface area contributed by atoms with Crippen molar-refractivity contribution in [3.8, 4) is 6.07 Å². The second-order valence-electron chi connectivity index (χ2n) is 6.35. The number of likely N-dealkylation sites (tertiary alicyclic amines) is 1. The number of nitrogens with zero attached hydrogens (tertiary/aromatic N) is 3. The Balaban J connectivity index is 1.87. The van der Waals surface area contributed by atoms with Crippen molar-refractivity contribution in [3.63, 3.8) is 0 Å². The molecule has 4 nitrogen and oxygen atoms in total. The van der Waals surface area contributed by atoms with Gasteiger partial charge >= 0.3 is 0 Å². The van der Waals surface area contributed by atoms with Crippen LogP contribution in [0.1, 0.15) is 39.0 Å². The molecule has 0 radical (unpaired) electrons. The second-order valence-corrected chi connectivity index (χ2v) is 6.35. The first-order valence-electron chi connectivity index (χ1n) is 7.67. The van der Waals surface area contributed by atoms with Crippen LogP contribution in [-0.2, 0) is 0 Å². The van der Waals surface area contributed by atoms with Crippen LogP contribution in [0.4, 0.5) is 0 Å². The van der Waals surface area contributed by atoms with Gasteiger partial charge in [-0.25, -0.2) is 0 Å². The molecule has 19 heavy (non-hydrogen) atoms.